The fraction of sp³-hybridized carbons (Fsp3) is 0.250. The normalized spacial score (nSPS) is 10.2. The molecule has 1 aromatic rings. The number of carbonyl (C=O) groups is 2. The third-order valence-corrected chi connectivity index (χ3v) is 2.33. The Hall–Kier alpha value is -2.36. The molecule has 0 aliphatic heterocycles. The van der Waals surface area contributed by atoms with E-state index >= 15 is 0 Å². The zero-order valence-electron chi connectivity index (χ0n) is 11.5. The fourth-order valence-electron chi connectivity index (χ4n) is 1.30. The summed E-state index contributed by atoms with van der Waals surface area (Å²) in [6.45, 7) is 5.47. The van der Waals surface area contributed by atoms with E-state index in [-0.39, 0.29) is 13.2 Å². The Morgan fingerprint density at radius 2 is 1.80 bits per heavy atom. The van der Waals surface area contributed by atoms with Crippen molar-refractivity contribution in [3.05, 3.63) is 54.1 Å². The van der Waals surface area contributed by atoms with E-state index in [1.807, 2.05) is 30.3 Å². The molecular formula is C16H18O4. The monoisotopic (exact) mass is 274 g/mol. The van der Waals surface area contributed by atoms with E-state index in [0.717, 1.165) is 5.56 Å². The summed E-state index contributed by atoms with van der Waals surface area (Å²) in [6, 6.07) is 9.46. The fourth-order valence-corrected chi connectivity index (χ4v) is 1.30. The lowest BCUT2D eigenvalue weighted by Crippen LogP contribution is -2.09. The van der Waals surface area contributed by atoms with Crippen LogP contribution in [0, 0.1) is 0 Å². The van der Waals surface area contributed by atoms with Crippen molar-refractivity contribution in [3.8, 4) is 0 Å². The molecule has 0 atom stereocenters. The lowest BCUT2D eigenvalue weighted by Gasteiger charge is -2.04. The molecule has 0 aliphatic carbocycles. The smallest absolute Gasteiger partial charge is 0.333 e. The molecule has 0 bridgehead atoms. The van der Waals surface area contributed by atoms with E-state index in [4.69, 9.17) is 9.47 Å². The number of hydrogen-bond acceptors (Lipinski definition) is 4. The lowest BCUT2D eigenvalue weighted by atomic mass is 10.2. The SMILES string of the molecule is C=C(C)C(=O)OCCCOC(=O)C=Cc1ccccc1. The van der Waals surface area contributed by atoms with Crippen molar-refractivity contribution in [2.24, 2.45) is 0 Å². The van der Waals surface area contributed by atoms with Crippen molar-refractivity contribution in [1.82, 2.24) is 0 Å². The highest BCUT2D eigenvalue weighted by molar-refractivity contribution is 5.87. The van der Waals surface area contributed by atoms with Gasteiger partial charge in [0, 0.05) is 18.1 Å². The minimum absolute atomic E-state index is 0.210. The molecule has 0 amide bonds. The molecule has 106 valence electrons. The molecule has 1 aromatic carbocycles. The Morgan fingerprint density at radius 3 is 2.45 bits per heavy atom. The van der Waals surface area contributed by atoms with Crippen LogP contribution in [0.2, 0.25) is 0 Å². The molecule has 0 heterocycles. The van der Waals surface area contributed by atoms with Gasteiger partial charge >= 0.3 is 11.9 Å². The molecule has 0 aliphatic rings. The van der Waals surface area contributed by atoms with Crippen LogP contribution in [0.3, 0.4) is 0 Å². The van der Waals surface area contributed by atoms with Gasteiger partial charge in [-0.05, 0) is 18.6 Å². The molecular weight excluding hydrogens is 256 g/mol. The molecule has 1 rings (SSSR count). The van der Waals surface area contributed by atoms with Gasteiger partial charge in [-0.1, -0.05) is 36.9 Å². The van der Waals surface area contributed by atoms with Crippen molar-refractivity contribution in [2.75, 3.05) is 13.2 Å². The Kier molecular flexibility index (Phi) is 6.82. The van der Waals surface area contributed by atoms with Gasteiger partial charge in [0.05, 0.1) is 13.2 Å². The van der Waals surface area contributed by atoms with Crippen LogP contribution in [-0.4, -0.2) is 25.2 Å². The van der Waals surface area contributed by atoms with Gasteiger partial charge in [0.2, 0.25) is 0 Å². The van der Waals surface area contributed by atoms with Gasteiger partial charge in [-0.15, -0.1) is 0 Å². The van der Waals surface area contributed by atoms with Crippen LogP contribution in [0.25, 0.3) is 6.08 Å². The molecule has 0 aromatic heterocycles. The molecule has 0 spiro atoms. The second kappa shape index (κ2) is 8.69. The Labute approximate surface area is 118 Å². The summed E-state index contributed by atoms with van der Waals surface area (Å²) in [6.07, 6.45) is 3.52. The Morgan fingerprint density at radius 1 is 1.15 bits per heavy atom. The number of ether oxygens (including phenoxy) is 2. The second-order valence-electron chi connectivity index (χ2n) is 4.18. The Balaban J connectivity index is 2.16. The maximum absolute atomic E-state index is 11.4. The Bertz CT molecular complexity index is 488. The van der Waals surface area contributed by atoms with E-state index < -0.39 is 11.9 Å². The number of carbonyl (C=O) groups excluding carboxylic acids is 2. The minimum Gasteiger partial charge on any atom is -0.462 e. The standard InChI is InChI=1S/C16H18O4/c1-13(2)16(18)20-12-6-11-19-15(17)10-9-14-7-4-3-5-8-14/h3-5,7-10H,1,6,11-12H2,2H3. The van der Waals surface area contributed by atoms with Gasteiger partial charge in [-0.25, -0.2) is 9.59 Å². The van der Waals surface area contributed by atoms with E-state index in [0.29, 0.717) is 12.0 Å². The van der Waals surface area contributed by atoms with Crippen LogP contribution < -0.4 is 0 Å². The third-order valence-electron chi connectivity index (χ3n) is 2.33. The van der Waals surface area contributed by atoms with Gasteiger partial charge in [-0.3, -0.25) is 0 Å². The quantitative estimate of drug-likeness (QED) is 0.436. The largest absolute Gasteiger partial charge is 0.462 e. The molecule has 0 saturated heterocycles. The predicted octanol–water partition coefficient (Wildman–Crippen LogP) is 2.75. The summed E-state index contributed by atoms with van der Waals surface area (Å²) in [5, 5.41) is 0. The molecule has 0 unspecified atom stereocenters. The summed E-state index contributed by atoms with van der Waals surface area (Å²) in [5.74, 6) is -0.847. The van der Waals surface area contributed by atoms with E-state index in [9.17, 15) is 9.59 Å². The summed E-state index contributed by atoms with van der Waals surface area (Å²) in [4.78, 5) is 22.4. The van der Waals surface area contributed by atoms with Gasteiger partial charge in [0.15, 0.2) is 0 Å². The first-order chi connectivity index (χ1) is 9.59. The first-order valence-electron chi connectivity index (χ1n) is 6.32. The summed E-state index contributed by atoms with van der Waals surface area (Å²) >= 11 is 0. The highest BCUT2D eigenvalue weighted by Crippen LogP contribution is 2.01. The highest BCUT2D eigenvalue weighted by Gasteiger charge is 2.02. The summed E-state index contributed by atoms with van der Waals surface area (Å²) in [7, 11) is 0. The third kappa shape index (κ3) is 6.54. The van der Waals surface area contributed by atoms with Crippen molar-refractivity contribution in [1.29, 1.82) is 0 Å². The average molecular weight is 274 g/mol. The van der Waals surface area contributed by atoms with Crippen molar-refractivity contribution < 1.29 is 19.1 Å². The van der Waals surface area contributed by atoms with E-state index in [1.165, 1.54) is 6.08 Å². The summed E-state index contributed by atoms with van der Waals surface area (Å²) in [5.41, 5.74) is 1.28. The van der Waals surface area contributed by atoms with Crippen LogP contribution in [0.1, 0.15) is 18.9 Å². The van der Waals surface area contributed by atoms with Gasteiger partial charge in [-0.2, -0.15) is 0 Å². The van der Waals surface area contributed by atoms with Crippen molar-refractivity contribution >= 4 is 18.0 Å². The number of benzene rings is 1. The average Bonchev–Trinajstić information content (AvgIpc) is 2.45. The lowest BCUT2D eigenvalue weighted by molar-refractivity contribution is -0.140. The highest BCUT2D eigenvalue weighted by atomic mass is 16.5. The maximum Gasteiger partial charge on any atom is 0.333 e. The summed E-state index contributed by atoms with van der Waals surface area (Å²) < 4.78 is 9.83. The van der Waals surface area contributed by atoms with E-state index in [2.05, 4.69) is 6.58 Å². The zero-order chi connectivity index (χ0) is 14.8. The first kappa shape index (κ1) is 15.7. The van der Waals surface area contributed by atoms with Crippen molar-refractivity contribution in [3.63, 3.8) is 0 Å². The van der Waals surface area contributed by atoms with E-state index in [1.54, 1.807) is 13.0 Å². The topological polar surface area (TPSA) is 52.6 Å². The second-order valence-corrected chi connectivity index (χ2v) is 4.18. The van der Waals surface area contributed by atoms with Gasteiger partial charge in [0.1, 0.15) is 0 Å². The predicted molar refractivity (Wildman–Crippen MR) is 76.8 cm³/mol. The van der Waals surface area contributed by atoms with Crippen molar-refractivity contribution in [2.45, 2.75) is 13.3 Å². The number of rotatable bonds is 7. The molecule has 20 heavy (non-hydrogen) atoms. The van der Waals surface area contributed by atoms with Crippen LogP contribution in [0.4, 0.5) is 0 Å². The maximum atomic E-state index is 11.4. The van der Waals surface area contributed by atoms with Crippen LogP contribution >= 0.6 is 0 Å². The van der Waals surface area contributed by atoms with Crippen LogP contribution in [-0.2, 0) is 19.1 Å². The molecule has 0 radical (unpaired) electrons. The zero-order valence-corrected chi connectivity index (χ0v) is 11.5. The van der Waals surface area contributed by atoms with Gasteiger partial charge < -0.3 is 9.47 Å². The van der Waals surface area contributed by atoms with Gasteiger partial charge in [0.25, 0.3) is 0 Å². The molecule has 4 nitrogen and oxygen atoms in total. The molecule has 0 N–H and O–H groups in total. The number of esters is 2. The van der Waals surface area contributed by atoms with Crippen LogP contribution in [0.15, 0.2) is 48.6 Å². The number of hydrogen-bond donors (Lipinski definition) is 0. The molecule has 0 saturated carbocycles. The van der Waals surface area contributed by atoms with Crippen LogP contribution in [0.5, 0.6) is 0 Å². The first-order valence-corrected chi connectivity index (χ1v) is 6.32. The molecule has 4 heteroatoms. The minimum atomic E-state index is -0.430. The molecule has 0 fully saturated rings.